The molecule has 2 aliphatic carbocycles. The van der Waals surface area contributed by atoms with Crippen LogP contribution in [0.15, 0.2) is 24.3 Å². The van der Waals surface area contributed by atoms with Gasteiger partial charge in [-0.15, -0.1) is 0 Å². The Balaban J connectivity index is 1.42. The van der Waals surface area contributed by atoms with Crippen molar-refractivity contribution in [2.75, 3.05) is 11.9 Å². The van der Waals surface area contributed by atoms with Crippen molar-refractivity contribution in [1.82, 2.24) is 10.3 Å². The van der Waals surface area contributed by atoms with E-state index >= 15 is 0 Å². The number of carbonyl (C=O) groups is 1. The number of benzene rings is 1. The van der Waals surface area contributed by atoms with Gasteiger partial charge in [0, 0.05) is 23.9 Å². The van der Waals surface area contributed by atoms with Crippen molar-refractivity contribution in [3.05, 3.63) is 35.4 Å². The van der Waals surface area contributed by atoms with Gasteiger partial charge in [-0.05, 0) is 56.6 Å². The fourth-order valence-corrected chi connectivity index (χ4v) is 3.94. The molecule has 0 bridgehead atoms. The van der Waals surface area contributed by atoms with E-state index in [1.165, 1.54) is 0 Å². The van der Waals surface area contributed by atoms with Gasteiger partial charge >= 0.3 is 0 Å². The van der Waals surface area contributed by atoms with Gasteiger partial charge < -0.3 is 10.6 Å². The summed E-state index contributed by atoms with van der Waals surface area (Å²) in [6.07, 6.45) is 5.23. The minimum Gasteiger partial charge on any atom is -0.369 e. The molecule has 1 aromatic carbocycles. The van der Waals surface area contributed by atoms with E-state index in [-0.39, 0.29) is 11.8 Å². The number of hydrogen-bond acceptors (Lipinski definition) is 4. The monoisotopic (exact) mass is 348 g/mol. The summed E-state index contributed by atoms with van der Waals surface area (Å²) in [6, 6.07) is 10.5. The Hall–Kier alpha value is -2.61. The Morgan fingerprint density at radius 1 is 1.27 bits per heavy atom. The summed E-state index contributed by atoms with van der Waals surface area (Å²) in [6.45, 7) is 2.77. The van der Waals surface area contributed by atoms with Crippen molar-refractivity contribution in [2.45, 2.75) is 45.1 Å². The number of nitrogens with one attached hydrogen (secondary N) is 2. The topological polar surface area (TPSA) is 77.8 Å². The molecule has 5 heteroatoms. The Bertz CT molecular complexity index is 881. The SMILES string of the molecule is Cc1c(C#N)c(NCC2CCC(NC(=O)C3CC3)C2)nc2ccccc12. The molecule has 26 heavy (non-hydrogen) atoms. The van der Waals surface area contributed by atoms with Crippen molar-refractivity contribution in [1.29, 1.82) is 5.26 Å². The number of pyridine rings is 1. The number of carbonyl (C=O) groups excluding carboxylic acids is 1. The number of nitriles is 1. The molecule has 2 aromatic rings. The zero-order valence-electron chi connectivity index (χ0n) is 15.1. The zero-order valence-corrected chi connectivity index (χ0v) is 15.1. The van der Waals surface area contributed by atoms with E-state index in [2.05, 4.69) is 21.7 Å². The van der Waals surface area contributed by atoms with Crippen LogP contribution < -0.4 is 10.6 Å². The minimum atomic E-state index is 0.238. The number of para-hydroxylation sites is 1. The largest absolute Gasteiger partial charge is 0.369 e. The van der Waals surface area contributed by atoms with Gasteiger partial charge in [0.05, 0.1) is 11.1 Å². The normalized spacial score (nSPS) is 22.2. The van der Waals surface area contributed by atoms with Crippen LogP contribution in [0.25, 0.3) is 10.9 Å². The summed E-state index contributed by atoms with van der Waals surface area (Å²) in [7, 11) is 0. The lowest BCUT2D eigenvalue weighted by Gasteiger charge is -2.16. The number of anilines is 1. The minimum absolute atomic E-state index is 0.238. The van der Waals surface area contributed by atoms with E-state index in [0.29, 0.717) is 23.3 Å². The van der Waals surface area contributed by atoms with Crippen LogP contribution in [0.5, 0.6) is 0 Å². The van der Waals surface area contributed by atoms with Gasteiger partial charge in [-0.2, -0.15) is 5.26 Å². The molecule has 0 radical (unpaired) electrons. The van der Waals surface area contributed by atoms with Crippen LogP contribution >= 0.6 is 0 Å². The smallest absolute Gasteiger partial charge is 0.223 e. The van der Waals surface area contributed by atoms with Crippen LogP contribution in [-0.4, -0.2) is 23.5 Å². The van der Waals surface area contributed by atoms with Crippen LogP contribution in [0.3, 0.4) is 0 Å². The molecule has 2 fully saturated rings. The summed E-state index contributed by atoms with van der Waals surface area (Å²) < 4.78 is 0. The maximum absolute atomic E-state index is 11.9. The van der Waals surface area contributed by atoms with Gasteiger partial charge in [0.15, 0.2) is 0 Å². The van der Waals surface area contributed by atoms with E-state index in [1.807, 2.05) is 31.2 Å². The predicted molar refractivity (Wildman–Crippen MR) is 102 cm³/mol. The van der Waals surface area contributed by atoms with Crippen molar-refractivity contribution < 1.29 is 4.79 Å². The van der Waals surface area contributed by atoms with Crippen molar-refractivity contribution >= 4 is 22.6 Å². The van der Waals surface area contributed by atoms with Crippen LogP contribution in [0.4, 0.5) is 5.82 Å². The lowest BCUT2D eigenvalue weighted by atomic mass is 10.0. The average molecular weight is 348 g/mol. The first-order valence-electron chi connectivity index (χ1n) is 9.49. The van der Waals surface area contributed by atoms with Gasteiger partial charge in [-0.1, -0.05) is 18.2 Å². The van der Waals surface area contributed by atoms with Crippen LogP contribution in [0, 0.1) is 30.1 Å². The van der Waals surface area contributed by atoms with E-state index in [4.69, 9.17) is 0 Å². The van der Waals surface area contributed by atoms with E-state index in [0.717, 1.165) is 55.1 Å². The molecular weight excluding hydrogens is 324 g/mol. The predicted octanol–water partition coefficient (Wildman–Crippen LogP) is 3.52. The summed E-state index contributed by atoms with van der Waals surface area (Å²) in [5.41, 5.74) is 2.51. The van der Waals surface area contributed by atoms with Crippen LogP contribution in [0.1, 0.15) is 43.2 Å². The second kappa shape index (κ2) is 6.95. The molecule has 2 atom stereocenters. The number of rotatable bonds is 5. The van der Waals surface area contributed by atoms with Gasteiger partial charge in [0.25, 0.3) is 0 Å². The first-order valence-corrected chi connectivity index (χ1v) is 9.49. The fraction of sp³-hybridized carbons (Fsp3) is 0.476. The highest BCUT2D eigenvalue weighted by Crippen LogP contribution is 2.32. The second-order valence-electron chi connectivity index (χ2n) is 7.63. The summed E-state index contributed by atoms with van der Waals surface area (Å²) in [5.74, 6) is 1.69. The highest BCUT2D eigenvalue weighted by Gasteiger charge is 2.33. The molecule has 0 aliphatic heterocycles. The molecule has 2 saturated carbocycles. The van der Waals surface area contributed by atoms with Gasteiger partial charge in [0.1, 0.15) is 11.9 Å². The Morgan fingerprint density at radius 2 is 2.08 bits per heavy atom. The molecule has 0 saturated heterocycles. The molecule has 4 rings (SSSR count). The van der Waals surface area contributed by atoms with Gasteiger partial charge in [0.2, 0.25) is 5.91 Å². The number of amides is 1. The quantitative estimate of drug-likeness (QED) is 0.866. The maximum atomic E-state index is 11.9. The van der Waals surface area contributed by atoms with Crippen molar-refractivity contribution in [2.24, 2.45) is 11.8 Å². The number of aromatic nitrogens is 1. The fourth-order valence-electron chi connectivity index (χ4n) is 3.94. The molecule has 1 heterocycles. The highest BCUT2D eigenvalue weighted by molar-refractivity contribution is 5.87. The Morgan fingerprint density at radius 3 is 2.85 bits per heavy atom. The lowest BCUT2D eigenvalue weighted by molar-refractivity contribution is -0.122. The molecule has 1 amide bonds. The first-order chi connectivity index (χ1) is 12.7. The zero-order chi connectivity index (χ0) is 18.1. The number of nitrogens with zero attached hydrogens (tertiary/aromatic N) is 2. The van der Waals surface area contributed by atoms with Crippen LogP contribution in [0.2, 0.25) is 0 Å². The molecule has 2 unspecified atom stereocenters. The summed E-state index contributed by atoms with van der Waals surface area (Å²) >= 11 is 0. The van der Waals surface area contributed by atoms with E-state index in [1.54, 1.807) is 0 Å². The Labute approximate surface area is 153 Å². The van der Waals surface area contributed by atoms with Crippen molar-refractivity contribution in [3.63, 3.8) is 0 Å². The maximum Gasteiger partial charge on any atom is 0.223 e. The molecule has 1 aromatic heterocycles. The van der Waals surface area contributed by atoms with Gasteiger partial charge in [-0.3, -0.25) is 4.79 Å². The summed E-state index contributed by atoms with van der Waals surface area (Å²) in [4.78, 5) is 16.6. The highest BCUT2D eigenvalue weighted by atomic mass is 16.2. The molecule has 0 spiro atoms. The lowest BCUT2D eigenvalue weighted by Crippen LogP contribution is -2.34. The summed E-state index contributed by atoms with van der Waals surface area (Å²) in [5, 5.41) is 17.2. The van der Waals surface area contributed by atoms with E-state index in [9.17, 15) is 10.1 Å². The number of hydrogen-bond donors (Lipinski definition) is 2. The van der Waals surface area contributed by atoms with Gasteiger partial charge in [-0.25, -0.2) is 4.98 Å². The van der Waals surface area contributed by atoms with Crippen LogP contribution in [-0.2, 0) is 4.79 Å². The molecule has 134 valence electrons. The average Bonchev–Trinajstić information content (AvgIpc) is 3.41. The number of fused-ring (bicyclic) bond motifs is 1. The molecule has 5 nitrogen and oxygen atoms in total. The third-order valence-electron chi connectivity index (χ3n) is 5.66. The molecular formula is C21H24N4O. The Kier molecular flexibility index (Phi) is 4.50. The van der Waals surface area contributed by atoms with Crippen molar-refractivity contribution in [3.8, 4) is 6.07 Å². The van der Waals surface area contributed by atoms with E-state index < -0.39 is 0 Å². The molecule has 2 N–H and O–H groups in total. The third kappa shape index (κ3) is 3.37. The first kappa shape index (κ1) is 16.8. The standard InChI is InChI=1S/C21H24N4O/c1-13-17-4-2-3-5-19(17)25-20(18(13)11-22)23-12-14-6-9-16(10-14)24-21(26)15-7-8-15/h2-5,14-16H,6-10,12H2,1H3,(H,23,25)(H,24,26). The second-order valence-corrected chi connectivity index (χ2v) is 7.63. The number of aryl methyl sites for hydroxylation is 1. The molecule has 2 aliphatic rings. The third-order valence-corrected chi connectivity index (χ3v) is 5.66.